The van der Waals surface area contributed by atoms with Crippen molar-refractivity contribution in [3.05, 3.63) is 65.2 Å². The molecule has 26 heavy (non-hydrogen) atoms. The Bertz CT molecular complexity index is 968. The maximum atomic E-state index is 12.0. The third-order valence-corrected chi connectivity index (χ3v) is 4.50. The molecule has 2 aromatic carbocycles. The van der Waals surface area contributed by atoms with Gasteiger partial charge in [0.15, 0.2) is 0 Å². The van der Waals surface area contributed by atoms with Gasteiger partial charge in [-0.05, 0) is 30.2 Å². The largest absolute Gasteiger partial charge is 0.380 e. The van der Waals surface area contributed by atoms with Gasteiger partial charge in [0.05, 0.1) is 11.8 Å². The number of nitrogens with zero attached hydrogens (tertiary/aromatic N) is 2. The number of amides is 1. The molecule has 1 amide bonds. The molecule has 1 aliphatic heterocycles. The van der Waals surface area contributed by atoms with Crippen LogP contribution in [0.4, 0.5) is 0 Å². The summed E-state index contributed by atoms with van der Waals surface area (Å²) in [6, 6.07) is 14.1. The normalized spacial score (nSPS) is 17.1. The van der Waals surface area contributed by atoms with Crippen LogP contribution in [0.5, 0.6) is 5.75 Å². The van der Waals surface area contributed by atoms with E-state index in [2.05, 4.69) is 5.10 Å². The van der Waals surface area contributed by atoms with Crippen LogP contribution in [0.25, 0.3) is 0 Å². The fraction of sp³-hybridized carbons (Fsp3) is 0.222. The smallest absolute Gasteiger partial charge is 0.371 e. The van der Waals surface area contributed by atoms with Gasteiger partial charge in [0.1, 0.15) is 5.75 Å². The Kier molecular flexibility index (Phi) is 4.80. The summed E-state index contributed by atoms with van der Waals surface area (Å²) in [5, 5.41) is 10.8. The van der Waals surface area contributed by atoms with Crippen LogP contribution in [-0.4, -0.2) is 25.0 Å². The number of carbonyl (C=O) groups excluding carboxylic acids is 1. The van der Waals surface area contributed by atoms with E-state index in [0.717, 1.165) is 16.8 Å². The molecule has 2 N–H and O–H groups in total. The summed E-state index contributed by atoms with van der Waals surface area (Å²) in [5.74, 6) is -0.104. The SMILES string of the molecule is CC(=O)N1N=C(c2ccc(C)cc2)CC1c1cccc(OS(N)(=O)=O)c1. The molecule has 1 unspecified atom stereocenters. The molecule has 0 aliphatic carbocycles. The summed E-state index contributed by atoms with van der Waals surface area (Å²) in [6.07, 6.45) is 0.515. The van der Waals surface area contributed by atoms with E-state index in [1.807, 2.05) is 31.2 Å². The van der Waals surface area contributed by atoms with E-state index < -0.39 is 10.3 Å². The van der Waals surface area contributed by atoms with Crippen molar-refractivity contribution in [2.75, 3.05) is 0 Å². The van der Waals surface area contributed by atoms with E-state index in [-0.39, 0.29) is 17.7 Å². The van der Waals surface area contributed by atoms with Crippen molar-refractivity contribution in [2.45, 2.75) is 26.3 Å². The van der Waals surface area contributed by atoms with Crippen LogP contribution in [0.3, 0.4) is 0 Å². The average Bonchev–Trinajstić information content (AvgIpc) is 3.00. The number of hydrogen-bond acceptors (Lipinski definition) is 5. The molecule has 7 nitrogen and oxygen atoms in total. The lowest BCUT2D eigenvalue weighted by Crippen LogP contribution is -2.24. The summed E-state index contributed by atoms with van der Waals surface area (Å²) in [4.78, 5) is 12.0. The Morgan fingerprint density at radius 1 is 1.23 bits per heavy atom. The van der Waals surface area contributed by atoms with Crippen molar-refractivity contribution >= 4 is 21.9 Å². The summed E-state index contributed by atoms with van der Waals surface area (Å²) in [6.45, 7) is 3.45. The molecule has 1 heterocycles. The average molecular weight is 373 g/mol. The van der Waals surface area contributed by atoms with E-state index in [0.29, 0.717) is 12.0 Å². The second-order valence-electron chi connectivity index (χ2n) is 6.14. The van der Waals surface area contributed by atoms with Crippen molar-refractivity contribution in [1.82, 2.24) is 5.01 Å². The van der Waals surface area contributed by atoms with E-state index >= 15 is 0 Å². The van der Waals surface area contributed by atoms with Crippen molar-refractivity contribution < 1.29 is 17.4 Å². The number of carbonyl (C=O) groups is 1. The Morgan fingerprint density at radius 2 is 1.92 bits per heavy atom. The first-order valence-corrected chi connectivity index (χ1v) is 9.46. The molecule has 1 atom stereocenters. The van der Waals surface area contributed by atoms with Crippen LogP contribution in [0.15, 0.2) is 53.6 Å². The fourth-order valence-corrected chi connectivity index (χ4v) is 3.26. The molecule has 0 saturated heterocycles. The first-order valence-electron chi connectivity index (χ1n) is 7.99. The van der Waals surface area contributed by atoms with Gasteiger partial charge in [-0.1, -0.05) is 42.0 Å². The quantitative estimate of drug-likeness (QED) is 0.888. The number of nitrogens with two attached hydrogens (primary N) is 1. The van der Waals surface area contributed by atoms with Crippen molar-refractivity contribution in [3.8, 4) is 5.75 Å². The first-order chi connectivity index (χ1) is 12.2. The minimum absolute atomic E-state index is 0.0947. The highest BCUT2D eigenvalue weighted by Crippen LogP contribution is 2.34. The van der Waals surface area contributed by atoms with Gasteiger partial charge in [-0.3, -0.25) is 4.79 Å². The van der Waals surface area contributed by atoms with Gasteiger partial charge in [-0.2, -0.15) is 18.7 Å². The predicted octanol–water partition coefficient (Wildman–Crippen LogP) is 2.27. The van der Waals surface area contributed by atoms with Crippen LogP contribution in [0.1, 0.15) is 36.1 Å². The van der Waals surface area contributed by atoms with Crippen LogP contribution < -0.4 is 9.32 Å². The lowest BCUT2D eigenvalue weighted by Gasteiger charge is -2.20. The molecule has 0 spiro atoms. The molecule has 0 fully saturated rings. The number of hydrazone groups is 1. The first kappa shape index (κ1) is 18.1. The number of rotatable bonds is 4. The van der Waals surface area contributed by atoms with Gasteiger partial charge in [0, 0.05) is 13.3 Å². The van der Waals surface area contributed by atoms with E-state index in [9.17, 15) is 13.2 Å². The maximum absolute atomic E-state index is 12.0. The topological polar surface area (TPSA) is 102 Å². The molecule has 0 radical (unpaired) electrons. The minimum Gasteiger partial charge on any atom is -0.371 e. The van der Waals surface area contributed by atoms with E-state index in [1.165, 1.54) is 18.0 Å². The predicted molar refractivity (Wildman–Crippen MR) is 97.8 cm³/mol. The summed E-state index contributed by atoms with van der Waals surface area (Å²) < 4.78 is 27.0. The van der Waals surface area contributed by atoms with Crippen molar-refractivity contribution in [2.24, 2.45) is 10.2 Å². The monoisotopic (exact) mass is 373 g/mol. The molecular weight excluding hydrogens is 354 g/mol. The van der Waals surface area contributed by atoms with Crippen LogP contribution in [0.2, 0.25) is 0 Å². The minimum atomic E-state index is -4.11. The Morgan fingerprint density at radius 3 is 2.54 bits per heavy atom. The van der Waals surface area contributed by atoms with Gasteiger partial charge in [0.2, 0.25) is 5.91 Å². The van der Waals surface area contributed by atoms with Gasteiger partial charge < -0.3 is 4.18 Å². The highest BCUT2D eigenvalue weighted by molar-refractivity contribution is 7.84. The van der Waals surface area contributed by atoms with Gasteiger partial charge in [-0.15, -0.1) is 0 Å². The van der Waals surface area contributed by atoms with Gasteiger partial charge in [0.25, 0.3) is 0 Å². The molecule has 3 rings (SSSR count). The Labute approximate surface area is 152 Å². The third-order valence-electron chi connectivity index (χ3n) is 4.07. The second-order valence-corrected chi connectivity index (χ2v) is 7.30. The lowest BCUT2D eigenvalue weighted by atomic mass is 9.98. The Balaban J connectivity index is 1.92. The summed E-state index contributed by atoms with van der Waals surface area (Å²) >= 11 is 0. The second kappa shape index (κ2) is 6.89. The van der Waals surface area contributed by atoms with Crippen LogP contribution in [-0.2, 0) is 15.1 Å². The standard InChI is InChI=1S/C18H19N3O4S/c1-12-6-8-14(9-7-12)17-11-18(21(20-17)13(2)22)15-4-3-5-16(10-15)25-26(19,23)24/h3-10,18H,11H2,1-2H3,(H2,19,23,24). The summed E-state index contributed by atoms with van der Waals surface area (Å²) in [7, 11) is -4.11. The van der Waals surface area contributed by atoms with Gasteiger partial charge >= 0.3 is 10.3 Å². The molecular formula is C18H19N3O4S. The summed E-state index contributed by atoms with van der Waals surface area (Å²) in [5.41, 5.74) is 3.59. The zero-order valence-corrected chi connectivity index (χ0v) is 15.2. The zero-order valence-electron chi connectivity index (χ0n) is 14.4. The van der Waals surface area contributed by atoms with Crippen LogP contribution >= 0.6 is 0 Å². The third kappa shape index (κ3) is 4.09. The number of hydrogen-bond donors (Lipinski definition) is 1. The number of aryl methyl sites for hydroxylation is 1. The molecule has 2 aromatic rings. The van der Waals surface area contributed by atoms with E-state index in [4.69, 9.17) is 9.32 Å². The molecule has 1 aliphatic rings. The zero-order chi connectivity index (χ0) is 18.9. The lowest BCUT2D eigenvalue weighted by molar-refractivity contribution is -0.130. The fourth-order valence-electron chi connectivity index (χ4n) is 2.89. The molecule has 136 valence electrons. The van der Waals surface area contributed by atoms with Crippen LogP contribution in [0, 0.1) is 6.92 Å². The highest BCUT2D eigenvalue weighted by Gasteiger charge is 2.31. The van der Waals surface area contributed by atoms with Gasteiger partial charge in [-0.25, -0.2) is 5.01 Å². The number of benzene rings is 2. The maximum Gasteiger partial charge on any atom is 0.380 e. The van der Waals surface area contributed by atoms with Crippen molar-refractivity contribution in [3.63, 3.8) is 0 Å². The molecule has 0 bridgehead atoms. The Hall–Kier alpha value is -2.71. The van der Waals surface area contributed by atoms with E-state index in [1.54, 1.807) is 18.2 Å². The molecule has 0 saturated carbocycles. The highest BCUT2D eigenvalue weighted by atomic mass is 32.2. The van der Waals surface area contributed by atoms with Crippen molar-refractivity contribution in [1.29, 1.82) is 0 Å². The molecule has 8 heteroatoms. The molecule has 0 aromatic heterocycles.